The molecule has 0 aliphatic heterocycles. The second kappa shape index (κ2) is 5.08. The van der Waals surface area contributed by atoms with Gasteiger partial charge in [0.1, 0.15) is 6.61 Å². The third-order valence-corrected chi connectivity index (χ3v) is 4.35. The first-order valence-electron chi connectivity index (χ1n) is 6.89. The molecule has 1 N–H and O–H groups in total. The molecule has 2 aliphatic carbocycles. The van der Waals surface area contributed by atoms with Gasteiger partial charge in [-0.15, -0.1) is 0 Å². The highest BCUT2D eigenvalue weighted by molar-refractivity contribution is 5.68. The molecule has 0 radical (unpaired) electrons. The minimum absolute atomic E-state index is 0.235. The summed E-state index contributed by atoms with van der Waals surface area (Å²) in [7, 11) is 0. The number of hydrogen-bond acceptors (Lipinski definition) is 2. The normalized spacial score (nSPS) is 31.4. The van der Waals surface area contributed by atoms with Crippen molar-refractivity contribution >= 4 is 6.09 Å². The number of fused-ring (bicyclic) bond motifs is 2. The van der Waals surface area contributed by atoms with Crippen molar-refractivity contribution in [2.24, 2.45) is 17.8 Å². The van der Waals surface area contributed by atoms with Crippen LogP contribution in [0.3, 0.4) is 0 Å². The van der Waals surface area contributed by atoms with Crippen LogP contribution in [0.2, 0.25) is 0 Å². The zero-order chi connectivity index (χ0) is 13.2. The molecule has 1 fully saturated rings. The first-order valence-corrected chi connectivity index (χ1v) is 6.89. The van der Waals surface area contributed by atoms with Crippen LogP contribution in [0.5, 0.6) is 0 Å². The summed E-state index contributed by atoms with van der Waals surface area (Å²) in [6, 6.07) is 9.98. The average Bonchev–Trinajstić information content (AvgIpc) is 3.01. The Kier molecular flexibility index (Phi) is 3.28. The Hall–Kier alpha value is -1.77. The highest BCUT2D eigenvalue weighted by Crippen LogP contribution is 2.43. The first-order chi connectivity index (χ1) is 9.24. The maximum atomic E-state index is 11.8. The van der Waals surface area contributed by atoms with Crippen LogP contribution in [0.4, 0.5) is 4.79 Å². The maximum absolute atomic E-state index is 11.8. The van der Waals surface area contributed by atoms with E-state index in [0.717, 1.165) is 5.56 Å². The fraction of sp³-hybridized carbons (Fsp3) is 0.438. The summed E-state index contributed by atoms with van der Waals surface area (Å²) in [6.45, 7) is 2.54. The molecule has 19 heavy (non-hydrogen) atoms. The van der Waals surface area contributed by atoms with Gasteiger partial charge in [0.15, 0.2) is 0 Å². The first kappa shape index (κ1) is 12.3. The zero-order valence-corrected chi connectivity index (χ0v) is 11.1. The lowest BCUT2D eigenvalue weighted by atomic mass is 9.91. The van der Waals surface area contributed by atoms with E-state index in [4.69, 9.17) is 4.74 Å². The topological polar surface area (TPSA) is 38.3 Å². The van der Waals surface area contributed by atoms with Crippen LogP contribution in [-0.2, 0) is 11.3 Å². The number of rotatable bonds is 3. The molecule has 1 aromatic rings. The van der Waals surface area contributed by atoms with E-state index >= 15 is 0 Å². The summed E-state index contributed by atoms with van der Waals surface area (Å²) in [6.07, 6.45) is 5.38. The van der Waals surface area contributed by atoms with Gasteiger partial charge in [0.05, 0.1) is 0 Å². The van der Waals surface area contributed by atoms with Crippen LogP contribution in [0, 0.1) is 17.8 Å². The molecule has 1 aromatic carbocycles. The molecule has 4 atom stereocenters. The molecule has 3 nitrogen and oxygen atoms in total. The molecule has 2 bridgehead atoms. The van der Waals surface area contributed by atoms with E-state index in [1.54, 1.807) is 0 Å². The van der Waals surface area contributed by atoms with Crippen LogP contribution in [-0.4, -0.2) is 12.1 Å². The van der Waals surface area contributed by atoms with Gasteiger partial charge in [-0.3, -0.25) is 0 Å². The summed E-state index contributed by atoms with van der Waals surface area (Å²) < 4.78 is 5.27. The van der Waals surface area contributed by atoms with Gasteiger partial charge in [-0.2, -0.15) is 0 Å². The molecule has 3 rings (SSSR count). The second-order valence-corrected chi connectivity index (χ2v) is 5.54. The molecule has 2 aliphatic rings. The van der Waals surface area contributed by atoms with E-state index in [0.29, 0.717) is 24.4 Å². The van der Waals surface area contributed by atoms with E-state index < -0.39 is 0 Å². The van der Waals surface area contributed by atoms with Crippen molar-refractivity contribution in [3.63, 3.8) is 0 Å². The molecule has 1 amide bonds. The minimum atomic E-state index is -0.304. The Bertz CT molecular complexity index is 483. The van der Waals surface area contributed by atoms with Crippen molar-refractivity contribution in [3.8, 4) is 0 Å². The number of nitrogens with one attached hydrogen (secondary N) is 1. The predicted molar refractivity (Wildman–Crippen MR) is 73.5 cm³/mol. The average molecular weight is 257 g/mol. The molecule has 0 aromatic heterocycles. The van der Waals surface area contributed by atoms with Gasteiger partial charge in [-0.25, -0.2) is 4.79 Å². The Balaban J connectivity index is 1.51. The Morgan fingerprint density at radius 3 is 2.68 bits per heavy atom. The van der Waals surface area contributed by atoms with Crippen molar-refractivity contribution in [2.45, 2.75) is 26.0 Å². The largest absolute Gasteiger partial charge is 0.445 e. The highest BCUT2D eigenvalue weighted by Gasteiger charge is 2.42. The van der Waals surface area contributed by atoms with Crippen molar-refractivity contribution in [1.29, 1.82) is 0 Å². The standard InChI is InChI=1S/C16H19NO2/c1-11-13-7-8-14(9-13)15(11)17-16(18)19-10-12-5-3-2-4-6-12/h2-8,11,13-15H,9-10H2,1H3,(H,17,18)/t11-,13+,14-,15+/m1/s1. The van der Waals surface area contributed by atoms with Crippen molar-refractivity contribution in [1.82, 2.24) is 5.32 Å². The Labute approximate surface area is 113 Å². The number of carbonyl (C=O) groups is 1. The van der Waals surface area contributed by atoms with E-state index in [1.165, 1.54) is 6.42 Å². The zero-order valence-electron chi connectivity index (χ0n) is 11.1. The molecular formula is C16H19NO2. The van der Waals surface area contributed by atoms with Crippen LogP contribution in [0.25, 0.3) is 0 Å². The lowest BCUT2D eigenvalue weighted by Crippen LogP contribution is -2.42. The van der Waals surface area contributed by atoms with Crippen LogP contribution in [0.1, 0.15) is 18.9 Å². The summed E-state index contributed by atoms with van der Waals surface area (Å²) in [5, 5.41) is 3.02. The monoisotopic (exact) mass is 257 g/mol. The lowest BCUT2D eigenvalue weighted by molar-refractivity contribution is 0.131. The fourth-order valence-electron chi connectivity index (χ4n) is 3.21. The summed E-state index contributed by atoms with van der Waals surface area (Å²) in [5.74, 6) is 1.63. The molecular weight excluding hydrogens is 238 g/mol. The van der Waals surface area contributed by atoms with Crippen LogP contribution in [0.15, 0.2) is 42.5 Å². The Morgan fingerprint density at radius 1 is 1.26 bits per heavy atom. The van der Waals surface area contributed by atoms with Gasteiger partial charge in [0, 0.05) is 6.04 Å². The summed E-state index contributed by atoms with van der Waals surface area (Å²) in [5.41, 5.74) is 1.01. The van der Waals surface area contributed by atoms with Gasteiger partial charge in [0.2, 0.25) is 0 Å². The summed E-state index contributed by atoms with van der Waals surface area (Å²) in [4.78, 5) is 11.8. The number of hydrogen-bond donors (Lipinski definition) is 1. The minimum Gasteiger partial charge on any atom is -0.445 e. The van der Waals surface area contributed by atoms with E-state index in [9.17, 15) is 4.79 Å². The molecule has 100 valence electrons. The van der Waals surface area contributed by atoms with E-state index in [2.05, 4.69) is 24.4 Å². The van der Waals surface area contributed by atoms with Crippen LogP contribution < -0.4 is 5.32 Å². The van der Waals surface area contributed by atoms with Gasteiger partial charge < -0.3 is 10.1 Å². The molecule has 0 unspecified atom stereocenters. The third kappa shape index (κ3) is 2.50. The van der Waals surface area contributed by atoms with Crippen molar-refractivity contribution < 1.29 is 9.53 Å². The van der Waals surface area contributed by atoms with Crippen molar-refractivity contribution in [3.05, 3.63) is 48.0 Å². The molecule has 3 heteroatoms. The maximum Gasteiger partial charge on any atom is 0.407 e. The van der Waals surface area contributed by atoms with Gasteiger partial charge in [0.25, 0.3) is 0 Å². The lowest BCUT2D eigenvalue weighted by Gasteiger charge is -2.25. The second-order valence-electron chi connectivity index (χ2n) is 5.54. The molecule has 0 saturated heterocycles. The smallest absolute Gasteiger partial charge is 0.407 e. The number of amides is 1. The van der Waals surface area contributed by atoms with Crippen molar-refractivity contribution in [2.75, 3.05) is 0 Å². The number of ether oxygens (including phenoxy) is 1. The number of alkyl carbamates (subject to hydrolysis) is 1. The Morgan fingerprint density at radius 2 is 2.00 bits per heavy atom. The van der Waals surface area contributed by atoms with Gasteiger partial charge in [-0.1, -0.05) is 49.4 Å². The van der Waals surface area contributed by atoms with E-state index in [1.807, 2.05) is 30.3 Å². The fourth-order valence-corrected chi connectivity index (χ4v) is 3.21. The van der Waals surface area contributed by atoms with E-state index in [-0.39, 0.29) is 12.1 Å². The van der Waals surface area contributed by atoms with Gasteiger partial charge in [-0.05, 0) is 29.7 Å². The molecule has 0 heterocycles. The molecule has 0 spiro atoms. The quantitative estimate of drug-likeness (QED) is 0.845. The predicted octanol–water partition coefficient (Wildman–Crippen LogP) is 3.12. The van der Waals surface area contributed by atoms with Crippen LogP contribution >= 0.6 is 0 Å². The number of benzene rings is 1. The van der Waals surface area contributed by atoms with Gasteiger partial charge >= 0.3 is 6.09 Å². The molecule has 1 saturated carbocycles. The highest BCUT2D eigenvalue weighted by atomic mass is 16.5. The summed E-state index contributed by atoms with van der Waals surface area (Å²) >= 11 is 0. The number of allylic oxidation sites excluding steroid dienone is 1. The SMILES string of the molecule is C[C@H]1[C@H](NC(=O)OCc2ccccc2)[C@@H]2C=C[C@H]1C2. The number of carbonyl (C=O) groups excluding carboxylic acids is 1. The third-order valence-electron chi connectivity index (χ3n) is 4.35.